The summed E-state index contributed by atoms with van der Waals surface area (Å²) in [7, 11) is 0. The molecule has 6 heterocycles. The Morgan fingerprint density at radius 2 is 1.23 bits per heavy atom. The van der Waals surface area contributed by atoms with Crippen LogP contribution in [0.15, 0.2) is 158 Å². The van der Waals surface area contributed by atoms with Gasteiger partial charge in [0.05, 0.1) is 6.33 Å². The predicted molar refractivity (Wildman–Crippen MR) is 243 cm³/mol. The van der Waals surface area contributed by atoms with Crippen molar-refractivity contribution in [3.05, 3.63) is 192 Å². The highest BCUT2D eigenvalue weighted by Crippen LogP contribution is 2.53. The van der Waals surface area contributed by atoms with Crippen molar-refractivity contribution in [2.45, 2.75) is 61.9 Å². The number of nitrogens with two attached hydrogens (primary N) is 1. The molecule has 2 N–H and O–H groups in total. The molecule has 0 saturated carbocycles. The van der Waals surface area contributed by atoms with Gasteiger partial charge in [-0.15, -0.1) is 0 Å². The van der Waals surface area contributed by atoms with Gasteiger partial charge in [0.2, 0.25) is 0 Å². The molecule has 4 aliphatic rings. The van der Waals surface area contributed by atoms with Gasteiger partial charge < -0.3 is 38.9 Å². The first kappa shape index (κ1) is 39.3. The molecule has 0 spiro atoms. The number of benzene rings is 6. The summed E-state index contributed by atoms with van der Waals surface area (Å²) in [6.07, 6.45) is 2.29. The fourth-order valence-electron chi connectivity index (χ4n) is 9.90. The monoisotopic (exact) mass is 863 g/mol. The number of ether oxygens (including phenoxy) is 7. The van der Waals surface area contributed by atoms with Crippen molar-refractivity contribution in [1.82, 2.24) is 19.5 Å². The highest BCUT2D eigenvalue weighted by atomic mass is 16.7. The molecule has 12 rings (SSSR count). The molecule has 7 atom stereocenters. The molecular weight excluding hydrogens is 819 g/mol. The smallest absolute Gasteiger partial charge is 0.167 e. The van der Waals surface area contributed by atoms with Gasteiger partial charge in [0.15, 0.2) is 30.1 Å². The van der Waals surface area contributed by atoms with Crippen molar-refractivity contribution in [1.29, 1.82) is 0 Å². The maximum Gasteiger partial charge on any atom is 0.167 e. The number of para-hydroxylation sites is 2. The molecule has 2 fully saturated rings. The minimum atomic E-state index is -0.781. The average molecular weight is 864 g/mol. The lowest BCUT2D eigenvalue weighted by Gasteiger charge is -2.34. The van der Waals surface area contributed by atoms with Crippen molar-refractivity contribution in [3.8, 4) is 34.5 Å². The van der Waals surface area contributed by atoms with Gasteiger partial charge in [0.1, 0.15) is 65.2 Å². The van der Waals surface area contributed by atoms with Gasteiger partial charge in [-0.3, -0.25) is 4.57 Å². The normalized spacial score (nSPS) is 23.0. The van der Waals surface area contributed by atoms with Gasteiger partial charge in [-0.1, -0.05) is 109 Å². The molecule has 65 heavy (non-hydrogen) atoms. The molecule has 0 radical (unpaired) electrons. The second-order valence-corrected chi connectivity index (χ2v) is 16.7. The van der Waals surface area contributed by atoms with Crippen LogP contribution in [0.2, 0.25) is 0 Å². The van der Waals surface area contributed by atoms with Gasteiger partial charge in [-0.05, 0) is 66.8 Å². The first-order valence-electron chi connectivity index (χ1n) is 22.2. The number of aromatic nitrogens is 4. The summed E-state index contributed by atoms with van der Waals surface area (Å²) in [5, 5.41) is 0. The number of hydrogen-bond acceptors (Lipinski definition) is 11. The second kappa shape index (κ2) is 16.7. The Kier molecular flexibility index (Phi) is 10.1. The van der Waals surface area contributed by atoms with Gasteiger partial charge in [0.25, 0.3) is 0 Å². The summed E-state index contributed by atoms with van der Waals surface area (Å²) in [4.78, 5) is 13.5. The topological polar surface area (TPSA) is 134 Å². The lowest BCUT2D eigenvalue weighted by molar-refractivity contribution is -0.213. The van der Waals surface area contributed by atoms with Crippen LogP contribution >= 0.6 is 0 Å². The van der Waals surface area contributed by atoms with Crippen molar-refractivity contribution in [3.63, 3.8) is 0 Å². The molecule has 8 aromatic rings. The molecule has 0 amide bonds. The van der Waals surface area contributed by atoms with E-state index in [1.54, 1.807) is 6.33 Å². The third kappa shape index (κ3) is 7.10. The maximum atomic E-state index is 7.43. The summed E-state index contributed by atoms with van der Waals surface area (Å²) >= 11 is 0. The quantitative estimate of drug-likeness (QED) is 0.141. The number of hydrogen-bond donors (Lipinski definition) is 1. The molecule has 0 bridgehead atoms. The van der Waals surface area contributed by atoms with E-state index >= 15 is 0 Å². The summed E-state index contributed by atoms with van der Waals surface area (Å²) in [6.45, 7) is 0.680. The van der Waals surface area contributed by atoms with E-state index in [-0.39, 0.29) is 24.3 Å². The fraction of sp³-hybridized carbons (Fsp3) is 0.226. The van der Waals surface area contributed by atoms with Crippen LogP contribution in [0, 0.1) is 0 Å². The van der Waals surface area contributed by atoms with E-state index in [4.69, 9.17) is 38.9 Å². The van der Waals surface area contributed by atoms with Gasteiger partial charge in [-0.2, -0.15) is 0 Å². The number of nitrogens with zero attached hydrogens (tertiary/aromatic N) is 4. The summed E-state index contributed by atoms with van der Waals surface area (Å²) in [6, 6.07) is 49.2. The number of fused-ring (bicyclic) bond motifs is 5. The molecule has 3 unspecified atom stereocenters. The Morgan fingerprint density at radius 1 is 0.615 bits per heavy atom. The first-order chi connectivity index (χ1) is 32.2. The van der Waals surface area contributed by atoms with Crippen molar-refractivity contribution in [2.24, 2.45) is 0 Å². The number of anilines is 1. The largest absolute Gasteiger partial charge is 0.490 e. The zero-order valence-corrected chi connectivity index (χ0v) is 35.3. The zero-order chi connectivity index (χ0) is 43.3. The molecule has 12 heteroatoms. The van der Waals surface area contributed by atoms with E-state index in [0.717, 1.165) is 69.9 Å². The van der Waals surface area contributed by atoms with E-state index in [1.165, 1.54) is 6.33 Å². The lowest BCUT2D eigenvalue weighted by Crippen LogP contribution is -2.44. The summed E-state index contributed by atoms with van der Waals surface area (Å²) in [5.41, 5.74) is 13.5. The van der Waals surface area contributed by atoms with Gasteiger partial charge >= 0.3 is 0 Å². The van der Waals surface area contributed by atoms with E-state index in [0.29, 0.717) is 35.0 Å². The number of rotatable bonds is 10. The predicted octanol–water partition coefficient (Wildman–Crippen LogP) is 10.3. The minimum absolute atomic E-state index is 0.0897. The second-order valence-electron chi connectivity index (χ2n) is 16.7. The van der Waals surface area contributed by atoms with Crippen molar-refractivity contribution in [2.75, 3.05) is 18.9 Å². The highest BCUT2D eigenvalue weighted by molar-refractivity contribution is 5.81. The first-order valence-corrected chi connectivity index (χ1v) is 22.2. The Hall–Kier alpha value is -7.25. The van der Waals surface area contributed by atoms with Gasteiger partial charge in [0, 0.05) is 40.7 Å². The molecule has 0 aliphatic carbocycles. The van der Waals surface area contributed by atoms with Gasteiger partial charge in [-0.25, -0.2) is 15.0 Å². The van der Waals surface area contributed by atoms with Crippen LogP contribution in [0.5, 0.6) is 34.5 Å². The SMILES string of the molecule is Nc1ncnc2c1ncn2[C@@H]1O[C@H](COc2cccc3c2C(c2ccccc2)c2ccccc2O3)[C@@H](Oc2cccc3c2C(c2ccccc2)c2ccccc2O3)[C@H]1OC1CCCCO1. The van der Waals surface area contributed by atoms with Crippen LogP contribution in [-0.4, -0.2) is 57.3 Å². The van der Waals surface area contributed by atoms with Crippen LogP contribution in [0.4, 0.5) is 5.82 Å². The molecule has 12 nitrogen and oxygen atoms in total. The number of nitrogen functional groups attached to an aromatic ring is 1. The Labute approximate surface area is 375 Å². The van der Waals surface area contributed by atoms with Crippen LogP contribution in [-0.2, 0) is 14.2 Å². The zero-order valence-electron chi connectivity index (χ0n) is 35.3. The third-order valence-corrected chi connectivity index (χ3v) is 12.9. The molecule has 2 saturated heterocycles. The number of imidazole rings is 1. The highest BCUT2D eigenvalue weighted by Gasteiger charge is 2.51. The van der Waals surface area contributed by atoms with Crippen LogP contribution in [0.25, 0.3) is 11.2 Å². The molecule has 2 aromatic heterocycles. The van der Waals surface area contributed by atoms with E-state index in [2.05, 4.69) is 75.6 Å². The minimum Gasteiger partial charge on any atom is -0.490 e. The summed E-state index contributed by atoms with van der Waals surface area (Å²) in [5.74, 6) is 4.30. The van der Waals surface area contributed by atoms with E-state index < -0.39 is 30.8 Å². The fourth-order valence-corrected chi connectivity index (χ4v) is 9.90. The van der Waals surface area contributed by atoms with Crippen molar-refractivity contribution < 1.29 is 33.2 Å². The Bertz CT molecular complexity index is 3000. The van der Waals surface area contributed by atoms with E-state index in [9.17, 15) is 0 Å². The van der Waals surface area contributed by atoms with Crippen molar-refractivity contribution >= 4 is 17.0 Å². The Morgan fingerprint density at radius 3 is 1.89 bits per heavy atom. The average Bonchev–Trinajstić information content (AvgIpc) is 3.94. The standard InChI is InChI=1S/C53H45N5O7/c54-51-48-52(56-30-55-51)58(31-57-48)53-50(65-43-27-11-12-28-59-43)49(63-41-26-14-25-40-47(41)45(33-17-5-2-6-18-33)35-20-8-10-22-37(35)62-40)42(64-53)29-60-38-23-13-24-39-46(38)44(32-15-3-1-4-16-32)34-19-7-9-21-36(34)61-39/h1-10,13-26,30-31,42-45,49-50,53H,11-12,27-29H2,(H2,54,55,56)/t42-,43?,44?,45?,49-,50-,53-/m1/s1. The van der Waals surface area contributed by atoms with Crippen LogP contribution in [0.3, 0.4) is 0 Å². The van der Waals surface area contributed by atoms with E-state index in [1.807, 2.05) is 89.5 Å². The molecule has 6 aromatic carbocycles. The molecule has 324 valence electrons. The van der Waals surface area contributed by atoms with Crippen LogP contribution < -0.4 is 24.7 Å². The third-order valence-electron chi connectivity index (χ3n) is 12.9. The molecule has 4 aliphatic heterocycles. The maximum absolute atomic E-state index is 7.43. The Balaban J connectivity index is 0.973. The van der Waals surface area contributed by atoms with Crippen LogP contribution in [0.1, 0.15) is 70.7 Å². The summed E-state index contributed by atoms with van der Waals surface area (Å²) < 4.78 is 50.0. The lowest BCUT2D eigenvalue weighted by atomic mass is 9.82. The molecular formula is C53H45N5O7.